The Hall–Kier alpha value is -1.47. The van der Waals surface area contributed by atoms with Crippen molar-refractivity contribution in [3.63, 3.8) is 0 Å². The van der Waals surface area contributed by atoms with Gasteiger partial charge in [0.25, 0.3) is 0 Å². The van der Waals surface area contributed by atoms with E-state index < -0.39 is 0 Å². The maximum atomic E-state index is 8.50. The summed E-state index contributed by atoms with van der Waals surface area (Å²) in [6.07, 6.45) is 6.11. The van der Waals surface area contributed by atoms with E-state index in [1.807, 2.05) is 18.5 Å². The van der Waals surface area contributed by atoms with Gasteiger partial charge in [0.1, 0.15) is 0 Å². The van der Waals surface area contributed by atoms with Crippen molar-refractivity contribution in [3.8, 4) is 6.19 Å². The number of nitrogens with zero attached hydrogens (tertiary/aromatic N) is 2. The first-order valence-electron chi connectivity index (χ1n) is 4.73. The monoisotopic (exact) mass is 217 g/mol. The van der Waals surface area contributed by atoms with Gasteiger partial charge < -0.3 is 0 Å². The highest BCUT2D eigenvalue weighted by Gasteiger charge is 2.12. The number of hydrogen-bond acceptors (Lipinski definition) is 3. The van der Waals surface area contributed by atoms with Crippen LogP contribution in [0, 0.1) is 11.5 Å². The molecule has 1 aromatic carbocycles. The van der Waals surface area contributed by atoms with E-state index in [1.54, 1.807) is 0 Å². The van der Waals surface area contributed by atoms with E-state index in [9.17, 15) is 0 Å². The maximum absolute atomic E-state index is 8.50. The van der Waals surface area contributed by atoms with E-state index >= 15 is 0 Å². The van der Waals surface area contributed by atoms with Gasteiger partial charge in [0.2, 0.25) is 0 Å². The van der Waals surface area contributed by atoms with E-state index in [-0.39, 0.29) is 0 Å². The molecule has 0 amide bonds. The molecule has 0 fully saturated rings. The zero-order valence-corrected chi connectivity index (χ0v) is 9.27. The molecule has 1 aromatic rings. The molecule has 1 aliphatic rings. The lowest BCUT2D eigenvalue weighted by Gasteiger charge is -2.18. The first-order valence-corrected chi connectivity index (χ1v) is 5.95. The largest absolute Gasteiger partial charge is 0.271 e. The minimum atomic E-state index is 0.636. The molecule has 0 bridgehead atoms. The molecular formula is C11H11N3S. The topological polar surface area (TPSA) is 48.2 Å². The molecule has 0 heterocycles. The Labute approximate surface area is 93.2 Å². The molecule has 76 valence electrons. The highest BCUT2D eigenvalue weighted by Crippen LogP contribution is 2.27. The van der Waals surface area contributed by atoms with Gasteiger partial charge in [-0.15, -0.1) is 0 Å². The zero-order valence-electron chi connectivity index (χ0n) is 8.45. The average Bonchev–Trinajstić information content (AvgIpc) is 2.21. The van der Waals surface area contributed by atoms with Gasteiger partial charge in [-0.3, -0.25) is 5.32 Å². The number of nitriles is 1. The number of amidine groups is 1. The van der Waals surface area contributed by atoms with E-state index in [1.165, 1.54) is 29.3 Å². The SMILES string of the molecule is CSC(=Nc1ccc2c(c1)CC2)NC#N. The fourth-order valence-corrected chi connectivity index (χ4v) is 1.89. The predicted molar refractivity (Wildman–Crippen MR) is 63.2 cm³/mol. The summed E-state index contributed by atoms with van der Waals surface area (Å²) in [5, 5.41) is 11.7. The number of nitrogens with one attached hydrogen (secondary N) is 1. The number of aliphatic imine (C=N–C) groups is 1. The summed E-state index contributed by atoms with van der Waals surface area (Å²) in [6.45, 7) is 0. The van der Waals surface area contributed by atoms with Gasteiger partial charge in [-0.1, -0.05) is 17.8 Å². The summed E-state index contributed by atoms with van der Waals surface area (Å²) < 4.78 is 0. The summed E-state index contributed by atoms with van der Waals surface area (Å²) in [5.41, 5.74) is 3.72. The molecule has 0 aromatic heterocycles. The first kappa shape index (κ1) is 10.1. The van der Waals surface area contributed by atoms with Gasteiger partial charge in [0, 0.05) is 0 Å². The van der Waals surface area contributed by atoms with Crippen molar-refractivity contribution in [1.82, 2.24) is 5.32 Å². The number of benzene rings is 1. The normalized spacial score (nSPS) is 13.7. The Morgan fingerprint density at radius 2 is 2.27 bits per heavy atom. The van der Waals surface area contributed by atoms with Crippen LogP contribution < -0.4 is 5.32 Å². The van der Waals surface area contributed by atoms with Gasteiger partial charge >= 0.3 is 0 Å². The van der Waals surface area contributed by atoms with Crippen molar-refractivity contribution in [1.29, 1.82) is 5.26 Å². The van der Waals surface area contributed by atoms with Gasteiger partial charge in [-0.25, -0.2) is 4.99 Å². The molecule has 0 aliphatic heterocycles. The van der Waals surface area contributed by atoms with Crippen LogP contribution in [0.4, 0.5) is 5.69 Å². The molecule has 1 N–H and O–H groups in total. The van der Waals surface area contributed by atoms with E-state index in [0.29, 0.717) is 5.17 Å². The van der Waals surface area contributed by atoms with Crippen LogP contribution in [0.5, 0.6) is 0 Å². The molecule has 3 nitrogen and oxygen atoms in total. The predicted octanol–water partition coefficient (Wildman–Crippen LogP) is 2.21. The number of rotatable bonds is 1. The number of aryl methyl sites for hydroxylation is 2. The minimum Gasteiger partial charge on any atom is -0.271 e. The third-order valence-electron chi connectivity index (χ3n) is 2.44. The zero-order chi connectivity index (χ0) is 10.7. The summed E-state index contributed by atoms with van der Waals surface area (Å²) >= 11 is 1.43. The number of thioether (sulfide) groups is 1. The second-order valence-electron chi connectivity index (χ2n) is 3.31. The van der Waals surface area contributed by atoms with Gasteiger partial charge in [0.15, 0.2) is 11.4 Å². The average molecular weight is 217 g/mol. The van der Waals surface area contributed by atoms with Crippen LogP contribution in [-0.4, -0.2) is 11.4 Å². The Kier molecular flexibility index (Phi) is 2.93. The highest BCUT2D eigenvalue weighted by atomic mass is 32.2. The molecule has 2 rings (SSSR count). The quantitative estimate of drug-likeness (QED) is 0.339. The van der Waals surface area contributed by atoms with Gasteiger partial charge in [0.05, 0.1) is 5.69 Å². The Bertz CT molecular complexity index is 446. The molecule has 0 radical (unpaired) electrons. The summed E-state index contributed by atoms with van der Waals surface area (Å²) in [6, 6.07) is 6.20. The third kappa shape index (κ3) is 2.13. The van der Waals surface area contributed by atoms with E-state index in [4.69, 9.17) is 5.26 Å². The van der Waals surface area contributed by atoms with Gasteiger partial charge in [-0.05, 0) is 42.4 Å². The van der Waals surface area contributed by atoms with Crippen LogP contribution in [0.3, 0.4) is 0 Å². The first-order chi connectivity index (χ1) is 7.33. The fourth-order valence-electron chi connectivity index (χ4n) is 1.54. The third-order valence-corrected chi connectivity index (χ3v) is 3.02. The molecule has 0 saturated carbocycles. The Balaban J connectivity index is 2.22. The molecule has 15 heavy (non-hydrogen) atoms. The Morgan fingerprint density at radius 1 is 1.47 bits per heavy atom. The van der Waals surface area contributed by atoms with Crippen molar-refractivity contribution in [2.75, 3.05) is 6.26 Å². The van der Waals surface area contributed by atoms with Crippen LogP contribution in [0.2, 0.25) is 0 Å². The molecule has 1 aliphatic carbocycles. The van der Waals surface area contributed by atoms with Crippen molar-refractivity contribution in [3.05, 3.63) is 29.3 Å². The van der Waals surface area contributed by atoms with Crippen molar-refractivity contribution >= 4 is 22.6 Å². The highest BCUT2D eigenvalue weighted by molar-refractivity contribution is 8.13. The lowest BCUT2D eigenvalue weighted by molar-refractivity contribution is 0.840. The maximum Gasteiger partial charge on any atom is 0.183 e. The van der Waals surface area contributed by atoms with E-state index in [0.717, 1.165) is 12.1 Å². The Morgan fingerprint density at radius 3 is 2.80 bits per heavy atom. The van der Waals surface area contributed by atoms with Crippen LogP contribution in [0.25, 0.3) is 0 Å². The second kappa shape index (κ2) is 4.37. The smallest absolute Gasteiger partial charge is 0.183 e. The standard InChI is InChI=1S/C11H11N3S/c1-15-11(13-7-12)14-10-5-4-8-2-3-9(8)6-10/h4-6H,2-3H2,1H3,(H,13,14). The molecule has 0 spiro atoms. The fraction of sp³-hybridized carbons (Fsp3) is 0.273. The van der Waals surface area contributed by atoms with Crippen molar-refractivity contribution < 1.29 is 0 Å². The lowest BCUT2D eigenvalue weighted by Crippen LogP contribution is -2.12. The summed E-state index contributed by atoms with van der Waals surface area (Å²) in [4.78, 5) is 4.35. The molecule has 0 atom stereocenters. The van der Waals surface area contributed by atoms with Crippen LogP contribution in [-0.2, 0) is 12.8 Å². The van der Waals surface area contributed by atoms with E-state index in [2.05, 4.69) is 22.4 Å². The van der Waals surface area contributed by atoms with Crippen LogP contribution in [0.15, 0.2) is 23.2 Å². The number of fused-ring (bicyclic) bond motifs is 1. The summed E-state index contributed by atoms with van der Waals surface area (Å²) in [5.74, 6) is 0. The molecule has 0 unspecified atom stereocenters. The van der Waals surface area contributed by atoms with Crippen molar-refractivity contribution in [2.45, 2.75) is 12.8 Å². The van der Waals surface area contributed by atoms with Crippen LogP contribution >= 0.6 is 11.8 Å². The molecule has 4 heteroatoms. The van der Waals surface area contributed by atoms with Gasteiger partial charge in [-0.2, -0.15) is 5.26 Å². The minimum absolute atomic E-state index is 0.636. The van der Waals surface area contributed by atoms with Crippen LogP contribution in [0.1, 0.15) is 11.1 Å². The number of hydrogen-bond donors (Lipinski definition) is 1. The summed E-state index contributed by atoms with van der Waals surface area (Å²) in [7, 11) is 0. The second-order valence-corrected chi connectivity index (χ2v) is 4.11. The lowest BCUT2D eigenvalue weighted by atomic mass is 9.88. The molecule has 0 saturated heterocycles. The van der Waals surface area contributed by atoms with Crippen molar-refractivity contribution in [2.24, 2.45) is 4.99 Å². The molecular weight excluding hydrogens is 206 g/mol.